The van der Waals surface area contributed by atoms with Crippen molar-refractivity contribution in [2.75, 3.05) is 26.3 Å². The largest absolute Gasteiger partial charge is 0.379 e. The molecule has 0 amide bonds. The zero-order valence-corrected chi connectivity index (χ0v) is 10.7. The van der Waals surface area contributed by atoms with Crippen molar-refractivity contribution in [1.29, 1.82) is 0 Å². The smallest absolute Gasteiger partial charge is 0.242 e. The molecular weight excluding hydrogens is 238 g/mol. The highest BCUT2D eigenvalue weighted by atomic mass is 32.2. The number of rotatable bonds is 2. The van der Waals surface area contributed by atoms with Gasteiger partial charge in [-0.25, -0.2) is 8.42 Å². The SMILES string of the molecule is CC1C=CC=CC(S(=O)(=O)N2CCOCC2)=C1. The van der Waals surface area contributed by atoms with Crippen LogP contribution in [-0.2, 0) is 14.8 Å². The number of hydrogen-bond donors (Lipinski definition) is 0. The van der Waals surface area contributed by atoms with Gasteiger partial charge in [0.25, 0.3) is 0 Å². The predicted molar refractivity (Wildman–Crippen MR) is 66.8 cm³/mol. The molecule has 2 aliphatic rings. The topological polar surface area (TPSA) is 46.6 Å². The first-order valence-electron chi connectivity index (χ1n) is 5.75. The van der Waals surface area contributed by atoms with Crippen molar-refractivity contribution < 1.29 is 13.2 Å². The van der Waals surface area contributed by atoms with E-state index in [-0.39, 0.29) is 5.92 Å². The Morgan fingerprint density at radius 2 is 2.00 bits per heavy atom. The lowest BCUT2D eigenvalue weighted by atomic mass is 10.2. The van der Waals surface area contributed by atoms with Gasteiger partial charge < -0.3 is 4.74 Å². The molecule has 0 radical (unpaired) electrons. The fourth-order valence-electron chi connectivity index (χ4n) is 1.87. The molecule has 2 rings (SSSR count). The van der Waals surface area contributed by atoms with E-state index in [1.54, 1.807) is 18.2 Å². The molecule has 94 valence electrons. The summed E-state index contributed by atoms with van der Waals surface area (Å²) in [7, 11) is -3.35. The van der Waals surface area contributed by atoms with Gasteiger partial charge in [0.1, 0.15) is 0 Å². The Hall–Kier alpha value is -0.910. The fourth-order valence-corrected chi connectivity index (χ4v) is 3.43. The van der Waals surface area contributed by atoms with Crippen molar-refractivity contribution in [3.8, 4) is 0 Å². The molecule has 1 heterocycles. The van der Waals surface area contributed by atoms with Crippen molar-refractivity contribution in [1.82, 2.24) is 4.31 Å². The number of nitrogens with zero attached hydrogens (tertiary/aromatic N) is 1. The van der Waals surface area contributed by atoms with E-state index in [0.717, 1.165) is 0 Å². The molecule has 1 atom stereocenters. The Kier molecular flexibility index (Phi) is 3.81. The highest BCUT2D eigenvalue weighted by Crippen LogP contribution is 2.20. The van der Waals surface area contributed by atoms with E-state index in [9.17, 15) is 8.42 Å². The van der Waals surface area contributed by atoms with Crippen molar-refractivity contribution in [2.24, 2.45) is 5.92 Å². The maximum absolute atomic E-state index is 12.4. The maximum Gasteiger partial charge on any atom is 0.242 e. The molecule has 0 N–H and O–H groups in total. The van der Waals surface area contributed by atoms with E-state index < -0.39 is 10.0 Å². The van der Waals surface area contributed by atoms with Crippen molar-refractivity contribution in [3.63, 3.8) is 0 Å². The number of hydrogen-bond acceptors (Lipinski definition) is 3. The molecule has 1 fully saturated rings. The Labute approximate surface area is 102 Å². The molecule has 1 aliphatic carbocycles. The van der Waals surface area contributed by atoms with Crippen molar-refractivity contribution in [3.05, 3.63) is 35.3 Å². The average molecular weight is 255 g/mol. The molecule has 4 nitrogen and oxygen atoms in total. The molecule has 1 saturated heterocycles. The first kappa shape index (κ1) is 12.5. The van der Waals surface area contributed by atoms with Crippen LogP contribution < -0.4 is 0 Å². The zero-order chi connectivity index (χ0) is 12.3. The lowest BCUT2D eigenvalue weighted by molar-refractivity contribution is 0.0734. The van der Waals surface area contributed by atoms with Gasteiger partial charge in [-0.2, -0.15) is 4.31 Å². The molecular formula is C12H17NO3S. The second kappa shape index (κ2) is 5.16. The molecule has 1 unspecified atom stereocenters. The molecule has 0 aromatic rings. The number of allylic oxidation sites excluding steroid dienone is 5. The van der Waals surface area contributed by atoms with Crippen LogP contribution in [0.2, 0.25) is 0 Å². The van der Waals surface area contributed by atoms with Crippen LogP contribution in [0.25, 0.3) is 0 Å². The third-order valence-electron chi connectivity index (χ3n) is 2.82. The summed E-state index contributed by atoms with van der Waals surface area (Å²) in [4.78, 5) is 0.386. The van der Waals surface area contributed by atoms with Gasteiger partial charge in [-0.05, 0) is 12.0 Å². The lowest BCUT2D eigenvalue weighted by Crippen LogP contribution is -2.41. The van der Waals surface area contributed by atoms with Crippen LogP contribution in [0.15, 0.2) is 35.3 Å². The number of sulfonamides is 1. The van der Waals surface area contributed by atoms with Gasteiger partial charge >= 0.3 is 0 Å². The second-order valence-corrected chi connectivity index (χ2v) is 6.13. The summed E-state index contributed by atoms with van der Waals surface area (Å²) < 4.78 is 31.4. The van der Waals surface area contributed by atoms with Crippen LogP contribution >= 0.6 is 0 Å². The third-order valence-corrected chi connectivity index (χ3v) is 4.73. The quantitative estimate of drug-likeness (QED) is 0.747. The van der Waals surface area contributed by atoms with E-state index in [1.807, 2.05) is 19.1 Å². The average Bonchev–Trinajstić information content (AvgIpc) is 2.55. The molecule has 0 aromatic carbocycles. The van der Waals surface area contributed by atoms with Crippen LogP contribution in [0.5, 0.6) is 0 Å². The Bertz CT molecular complexity index is 456. The summed E-state index contributed by atoms with van der Waals surface area (Å²) in [5.74, 6) is 0.135. The normalized spacial score (nSPS) is 26.6. The first-order valence-corrected chi connectivity index (χ1v) is 7.19. The minimum Gasteiger partial charge on any atom is -0.379 e. The monoisotopic (exact) mass is 255 g/mol. The number of ether oxygens (including phenoxy) is 1. The summed E-state index contributed by atoms with van der Waals surface area (Å²) in [6, 6.07) is 0. The van der Waals surface area contributed by atoms with E-state index in [4.69, 9.17) is 4.74 Å². The summed E-state index contributed by atoms with van der Waals surface area (Å²) >= 11 is 0. The van der Waals surface area contributed by atoms with Gasteiger partial charge in [-0.1, -0.05) is 31.2 Å². The van der Waals surface area contributed by atoms with E-state index in [2.05, 4.69) is 0 Å². The van der Waals surface area contributed by atoms with Gasteiger partial charge in [0.2, 0.25) is 10.0 Å². The fraction of sp³-hybridized carbons (Fsp3) is 0.500. The summed E-state index contributed by atoms with van der Waals surface area (Å²) in [6.07, 6.45) is 9.06. The highest BCUT2D eigenvalue weighted by Gasteiger charge is 2.27. The highest BCUT2D eigenvalue weighted by molar-refractivity contribution is 7.93. The first-order chi connectivity index (χ1) is 8.10. The van der Waals surface area contributed by atoms with Gasteiger partial charge in [0.15, 0.2) is 0 Å². The summed E-state index contributed by atoms with van der Waals surface area (Å²) in [5.41, 5.74) is 0. The van der Waals surface area contributed by atoms with Gasteiger partial charge in [0, 0.05) is 13.1 Å². The lowest BCUT2D eigenvalue weighted by Gasteiger charge is -2.26. The zero-order valence-electron chi connectivity index (χ0n) is 9.87. The van der Waals surface area contributed by atoms with Crippen LogP contribution in [0.3, 0.4) is 0 Å². The Morgan fingerprint density at radius 3 is 2.71 bits per heavy atom. The van der Waals surface area contributed by atoms with Crippen LogP contribution in [0, 0.1) is 5.92 Å². The van der Waals surface area contributed by atoms with E-state index in [0.29, 0.717) is 31.2 Å². The third kappa shape index (κ3) is 2.86. The van der Waals surface area contributed by atoms with Crippen molar-refractivity contribution in [2.45, 2.75) is 6.92 Å². The molecule has 17 heavy (non-hydrogen) atoms. The van der Waals surface area contributed by atoms with Crippen LogP contribution in [0.4, 0.5) is 0 Å². The molecule has 0 spiro atoms. The van der Waals surface area contributed by atoms with Gasteiger partial charge in [-0.3, -0.25) is 0 Å². The molecule has 5 heteroatoms. The minimum absolute atomic E-state index is 0.135. The van der Waals surface area contributed by atoms with Gasteiger partial charge in [-0.15, -0.1) is 0 Å². The van der Waals surface area contributed by atoms with E-state index in [1.165, 1.54) is 4.31 Å². The summed E-state index contributed by atoms with van der Waals surface area (Å²) in [5, 5.41) is 0. The Morgan fingerprint density at radius 1 is 1.29 bits per heavy atom. The molecule has 0 bridgehead atoms. The molecule has 0 aromatic heterocycles. The van der Waals surface area contributed by atoms with Gasteiger partial charge in [0.05, 0.1) is 18.1 Å². The summed E-state index contributed by atoms with van der Waals surface area (Å²) in [6.45, 7) is 3.80. The number of morpholine rings is 1. The van der Waals surface area contributed by atoms with Crippen LogP contribution in [-0.4, -0.2) is 39.0 Å². The second-order valence-electron chi connectivity index (χ2n) is 4.19. The standard InChI is InChI=1S/C12H17NO3S/c1-11-4-2-3-5-12(10-11)17(14,15)13-6-8-16-9-7-13/h2-5,10-11H,6-9H2,1H3. The molecule has 1 aliphatic heterocycles. The van der Waals surface area contributed by atoms with E-state index >= 15 is 0 Å². The van der Waals surface area contributed by atoms with Crippen molar-refractivity contribution >= 4 is 10.0 Å². The Balaban J connectivity index is 2.25. The minimum atomic E-state index is -3.35. The van der Waals surface area contributed by atoms with Crippen LogP contribution in [0.1, 0.15) is 6.92 Å². The maximum atomic E-state index is 12.4. The molecule has 0 saturated carbocycles. The predicted octanol–water partition coefficient (Wildman–Crippen LogP) is 1.29.